The van der Waals surface area contributed by atoms with Gasteiger partial charge in [-0.05, 0) is 24.1 Å². The second-order valence-electron chi connectivity index (χ2n) is 5.13. The number of hydrogen-bond acceptors (Lipinski definition) is 5. The Morgan fingerprint density at radius 3 is 2.28 bits per heavy atom. The van der Waals surface area contributed by atoms with Gasteiger partial charge < -0.3 is 0 Å². The van der Waals surface area contributed by atoms with Crippen LogP contribution in [0.1, 0.15) is 18.2 Å². The summed E-state index contributed by atoms with van der Waals surface area (Å²) in [6.45, 7) is -0.202. The Bertz CT molecular complexity index is 812. The van der Waals surface area contributed by atoms with E-state index in [1.165, 1.54) is 7.11 Å². The quantitative estimate of drug-likeness (QED) is 0.527. The van der Waals surface area contributed by atoms with Crippen LogP contribution < -0.4 is 0 Å². The second kappa shape index (κ2) is 8.15. The summed E-state index contributed by atoms with van der Waals surface area (Å²) in [6, 6.07) is 12.8. The highest BCUT2D eigenvalue weighted by Gasteiger charge is 2.26. The summed E-state index contributed by atoms with van der Waals surface area (Å²) < 4.78 is 39.9. The van der Waals surface area contributed by atoms with E-state index < -0.39 is 21.1 Å². The molecule has 0 amide bonds. The molecule has 7 nitrogen and oxygen atoms in total. The molecule has 0 fully saturated rings. The predicted octanol–water partition coefficient (Wildman–Crippen LogP) is 3.25. The molecule has 0 heterocycles. The molecule has 0 aliphatic rings. The summed E-state index contributed by atoms with van der Waals surface area (Å²) >= 11 is 0. The zero-order valence-electron chi connectivity index (χ0n) is 13.4. The lowest BCUT2D eigenvalue weighted by Crippen LogP contribution is -2.31. The van der Waals surface area contributed by atoms with Crippen molar-refractivity contribution in [3.8, 4) is 0 Å². The van der Waals surface area contributed by atoms with Gasteiger partial charge in [-0.3, -0.25) is 15.0 Å². The number of non-ortho nitro benzene ring substituents is 1. The van der Waals surface area contributed by atoms with Crippen molar-refractivity contribution in [2.75, 3.05) is 13.7 Å². The number of nitro benzene ring substituents is 1. The van der Waals surface area contributed by atoms with Gasteiger partial charge >= 0.3 is 0 Å². The first-order valence-electron chi connectivity index (χ1n) is 7.36. The number of hydrogen-bond donors (Lipinski definition) is 0. The Labute approximate surface area is 144 Å². The SMILES string of the molecule is CON(CC[C@@H](F)c1ccccc1)S(=O)(=O)c1ccc([N+](=O)[O-])cc1. The van der Waals surface area contributed by atoms with Gasteiger partial charge in [0.15, 0.2) is 0 Å². The van der Waals surface area contributed by atoms with Gasteiger partial charge in [-0.25, -0.2) is 12.8 Å². The third-order valence-corrected chi connectivity index (χ3v) is 5.28. The van der Waals surface area contributed by atoms with Gasteiger partial charge in [0.2, 0.25) is 0 Å². The fourth-order valence-electron chi connectivity index (χ4n) is 2.21. The van der Waals surface area contributed by atoms with Crippen LogP contribution in [-0.4, -0.2) is 31.5 Å². The van der Waals surface area contributed by atoms with Crippen LogP contribution in [0.5, 0.6) is 0 Å². The van der Waals surface area contributed by atoms with Crippen molar-refractivity contribution < 1.29 is 22.6 Å². The van der Waals surface area contributed by atoms with Crippen LogP contribution in [0.3, 0.4) is 0 Å². The number of sulfonamides is 1. The first-order chi connectivity index (χ1) is 11.9. The molecule has 0 saturated heterocycles. The molecular weight excluding hydrogens is 351 g/mol. The van der Waals surface area contributed by atoms with Gasteiger partial charge in [0.05, 0.1) is 16.9 Å². The topological polar surface area (TPSA) is 89.8 Å². The minimum absolute atomic E-state index is 0.0932. The lowest BCUT2D eigenvalue weighted by molar-refractivity contribution is -0.384. The van der Waals surface area contributed by atoms with E-state index in [4.69, 9.17) is 4.84 Å². The number of nitrogens with zero attached hydrogens (tertiary/aromatic N) is 2. The minimum Gasteiger partial charge on any atom is -0.287 e. The van der Waals surface area contributed by atoms with E-state index >= 15 is 0 Å². The normalized spacial score (nSPS) is 12.9. The van der Waals surface area contributed by atoms with Gasteiger partial charge in [0.1, 0.15) is 6.17 Å². The van der Waals surface area contributed by atoms with Crippen molar-refractivity contribution in [3.63, 3.8) is 0 Å². The summed E-state index contributed by atoms with van der Waals surface area (Å²) in [7, 11) is -2.88. The summed E-state index contributed by atoms with van der Waals surface area (Å²) in [6.07, 6.45) is -1.43. The van der Waals surface area contributed by atoms with Crippen LogP contribution in [0.2, 0.25) is 0 Å². The summed E-state index contributed by atoms with van der Waals surface area (Å²) in [5, 5.41) is 10.6. The molecule has 2 aromatic rings. The molecule has 134 valence electrons. The third-order valence-electron chi connectivity index (χ3n) is 3.54. The molecule has 0 N–H and O–H groups in total. The van der Waals surface area contributed by atoms with Crippen LogP contribution in [0, 0.1) is 10.1 Å². The lowest BCUT2D eigenvalue weighted by Gasteiger charge is -2.20. The average molecular weight is 368 g/mol. The van der Waals surface area contributed by atoms with Gasteiger partial charge in [-0.2, -0.15) is 0 Å². The van der Waals surface area contributed by atoms with Crippen molar-refractivity contribution in [2.24, 2.45) is 0 Å². The molecule has 0 aliphatic carbocycles. The smallest absolute Gasteiger partial charge is 0.269 e. The number of rotatable bonds is 8. The number of benzene rings is 2. The highest BCUT2D eigenvalue weighted by molar-refractivity contribution is 7.89. The van der Waals surface area contributed by atoms with Crippen molar-refractivity contribution in [1.29, 1.82) is 0 Å². The fraction of sp³-hybridized carbons (Fsp3) is 0.250. The largest absolute Gasteiger partial charge is 0.287 e. The number of halogens is 1. The van der Waals surface area contributed by atoms with Crippen LogP contribution in [-0.2, 0) is 14.9 Å². The monoisotopic (exact) mass is 368 g/mol. The fourth-order valence-corrected chi connectivity index (χ4v) is 3.47. The van der Waals surface area contributed by atoms with E-state index in [0.717, 1.165) is 24.3 Å². The molecule has 0 aliphatic heterocycles. The van der Waals surface area contributed by atoms with Crippen LogP contribution in [0.15, 0.2) is 59.5 Å². The Kier molecular flexibility index (Phi) is 6.18. The molecule has 2 rings (SSSR count). The van der Waals surface area contributed by atoms with Crippen LogP contribution >= 0.6 is 0 Å². The Morgan fingerprint density at radius 1 is 1.16 bits per heavy atom. The molecule has 1 atom stereocenters. The molecule has 0 bridgehead atoms. The standard InChI is InChI=1S/C16H17FN2O5S/c1-24-18(12-11-16(17)13-5-3-2-4-6-13)25(22,23)15-9-7-14(8-10-15)19(20)21/h2-10,16H,11-12H2,1H3/t16-/m1/s1. The maximum absolute atomic E-state index is 14.2. The predicted molar refractivity (Wildman–Crippen MR) is 88.9 cm³/mol. The van der Waals surface area contributed by atoms with Crippen LogP contribution in [0.25, 0.3) is 0 Å². The first-order valence-corrected chi connectivity index (χ1v) is 8.80. The molecule has 0 aromatic heterocycles. The van der Waals surface area contributed by atoms with Crippen molar-refractivity contribution in [1.82, 2.24) is 4.47 Å². The van der Waals surface area contributed by atoms with Gasteiger partial charge in [-0.1, -0.05) is 34.8 Å². The van der Waals surface area contributed by atoms with Gasteiger partial charge in [0, 0.05) is 18.7 Å². The molecule has 9 heteroatoms. The lowest BCUT2D eigenvalue weighted by atomic mass is 10.1. The van der Waals surface area contributed by atoms with E-state index in [1.54, 1.807) is 30.3 Å². The molecule has 25 heavy (non-hydrogen) atoms. The zero-order chi connectivity index (χ0) is 18.4. The first kappa shape index (κ1) is 19.0. The Morgan fingerprint density at radius 2 is 1.76 bits per heavy atom. The van der Waals surface area contributed by atoms with Crippen molar-refractivity contribution in [3.05, 3.63) is 70.3 Å². The highest BCUT2D eigenvalue weighted by atomic mass is 32.2. The van der Waals surface area contributed by atoms with E-state index in [-0.39, 0.29) is 23.5 Å². The highest BCUT2D eigenvalue weighted by Crippen LogP contribution is 2.24. The maximum Gasteiger partial charge on any atom is 0.269 e. The molecule has 0 saturated carbocycles. The molecule has 0 radical (unpaired) electrons. The Hall–Kier alpha value is -2.36. The number of nitro groups is 1. The zero-order valence-corrected chi connectivity index (χ0v) is 14.2. The van der Waals surface area contributed by atoms with E-state index in [2.05, 4.69) is 0 Å². The van der Waals surface area contributed by atoms with Crippen LogP contribution in [0.4, 0.5) is 10.1 Å². The van der Waals surface area contributed by atoms with Gasteiger partial charge in [0.25, 0.3) is 15.7 Å². The van der Waals surface area contributed by atoms with Crippen molar-refractivity contribution >= 4 is 15.7 Å². The van der Waals surface area contributed by atoms with E-state index in [1.807, 2.05) is 0 Å². The minimum atomic E-state index is -4.05. The molecule has 0 unspecified atom stereocenters. The van der Waals surface area contributed by atoms with E-state index in [9.17, 15) is 22.9 Å². The summed E-state index contributed by atoms with van der Waals surface area (Å²) in [4.78, 5) is 14.7. The number of hydroxylamine groups is 1. The molecular formula is C16H17FN2O5S. The summed E-state index contributed by atoms with van der Waals surface area (Å²) in [5.74, 6) is 0. The maximum atomic E-state index is 14.2. The molecule has 0 spiro atoms. The van der Waals surface area contributed by atoms with Gasteiger partial charge in [-0.15, -0.1) is 0 Å². The Balaban J connectivity index is 2.11. The summed E-state index contributed by atoms with van der Waals surface area (Å²) in [5.41, 5.74) is 0.224. The average Bonchev–Trinajstić information content (AvgIpc) is 2.62. The second-order valence-corrected chi connectivity index (χ2v) is 6.96. The molecule has 2 aromatic carbocycles. The third kappa shape index (κ3) is 4.59. The van der Waals surface area contributed by atoms with Crippen molar-refractivity contribution in [2.45, 2.75) is 17.5 Å². The van der Waals surface area contributed by atoms with E-state index in [0.29, 0.717) is 10.0 Å². The number of alkyl halides is 1.